The van der Waals surface area contributed by atoms with Crippen molar-refractivity contribution in [2.24, 2.45) is 0 Å². The van der Waals surface area contributed by atoms with Gasteiger partial charge >= 0.3 is 0 Å². The van der Waals surface area contributed by atoms with Crippen molar-refractivity contribution in [3.05, 3.63) is 34.4 Å². The van der Waals surface area contributed by atoms with E-state index in [1.54, 1.807) is 12.1 Å². The molecule has 1 aliphatic heterocycles. The van der Waals surface area contributed by atoms with Crippen molar-refractivity contribution >= 4 is 34.1 Å². The van der Waals surface area contributed by atoms with Gasteiger partial charge in [0, 0.05) is 11.6 Å². The van der Waals surface area contributed by atoms with E-state index in [1.165, 1.54) is 12.3 Å². The monoisotopic (exact) mass is 375 g/mol. The minimum atomic E-state index is -1.55. The molecule has 4 N–H and O–H groups in total. The smallest absolute Gasteiger partial charge is 0.229 e. The van der Waals surface area contributed by atoms with Crippen LogP contribution in [0.2, 0.25) is 10.0 Å². The highest BCUT2D eigenvalue weighted by Crippen LogP contribution is 2.38. The lowest BCUT2D eigenvalue weighted by Crippen LogP contribution is -2.60. The van der Waals surface area contributed by atoms with Crippen LogP contribution in [0.25, 0.3) is 10.9 Å². The van der Waals surface area contributed by atoms with Gasteiger partial charge in [-0.05, 0) is 18.2 Å². The van der Waals surface area contributed by atoms with E-state index in [0.29, 0.717) is 15.9 Å². The second kappa shape index (κ2) is 6.97. The average molecular weight is 376 g/mol. The van der Waals surface area contributed by atoms with Gasteiger partial charge in [0.05, 0.1) is 16.7 Å². The van der Waals surface area contributed by atoms with E-state index in [4.69, 9.17) is 32.7 Å². The summed E-state index contributed by atoms with van der Waals surface area (Å²) in [6.07, 6.45) is -5.49. The third kappa shape index (κ3) is 3.04. The van der Waals surface area contributed by atoms with E-state index in [0.717, 1.165) is 0 Å². The Balaban J connectivity index is 1.97. The Morgan fingerprint density at radius 3 is 2.58 bits per heavy atom. The number of ether oxygens (including phenoxy) is 2. The summed E-state index contributed by atoms with van der Waals surface area (Å²) in [6.45, 7) is -0.557. The van der Waals surface area contributed by atoms with Crippen LogP contribution in [0.15, 0.2) is 24.4 Å². The van der Waals surface area contributed by atoms with Crippen molar-refractivity contribution in [3.63, 3.8) is 0 Å². The lowest BCUT2D eigenvalue weighted by molar-refractivity contribution is -0.277. The maximum atomic E-state index is 10.1. The molecule has 9 heteroatoms. The van der Waals surface area contributed by atoms with Crippen LogP contribution in [-0.2, 0) is 4.74 Å². The number of aliphatic hydroxyl groups excluding tert-OH is 4. The van der Waals surface area contributed by atoms with Gasteiger partial charge in [0.2, 0.25) is 6.29 Å². The molecule has 0 bridgehead atoms. The molecule has 7 nitrogen and oxygen atoms in total. The fraction of sp³-hybridized carbons (Fsp3) is 0.400. The van der Waals surface area contributed by atoms with E-state index < -0.39 is 37.3 Å². The van der Waals surface area contributed by atoms with Crippen LogP contribution >= 0.6 is 23.2 Å². The molecule has 0 aliphatic carbocycles. The molecular formula is C15H15Cl2NO6. The number of halogens is 2. The third-order valence-electron chi connectivity index (χ3n) is 3.83. The minimum absolute atomic E-state index is 0.112. The molecule has 0 spiro atoms. The summed E-state index contributed by atoms with van der Waals surface area (Å²) in [4.78, 5) is 4.17. The van der Waals surface area contributed by atoms with Crippen LogP contribution in [0.1, 0.15) is 0 Å². The number of rotatable bonds is 3. The number of pyridine rings is 1. The maximum absolute atomic E-state index is 10.1. The molecule has 1 aromatic heterocycles. The molecule has 1 fully saturated rings. The number of nitrogens with zero attached hydrogens (tertiary/aromatic N) is 1. The van der Waals surface area contributed by atoms with Gasteiger partial charge in [-0.2, -0.15) is 0 Å². The fourth-order valence-electron chi connectivity index (χ4n) is 2.54. The summed E-state index contributed by atoms with van der Waals surface area (Å²) in [5.74, 6) is 0.112. The number of aromatic nitrogens is 1. The second-order valence-electron chi connectivity index (χ2n) is 5.38. The first-order valence-corrected chi connectivity index (χ1v) is 7.89. The average Bonchev–Trinajstić information content (AvgIpc) is 2.58. The van der Waals surface area contributed by atoms with Crippen LogP contribution in [0.3, 0.4) is 0 Å². The lowest BCUT2D eigenvalue weighted by Gasteiger charge is -2.39. The van der Waals surface area contributed by atoms with Gasteiger partial charge in [0.15, 0.2) is 5.75 Å². The van der Waals surface area contributed by atoms with Crippen LogP contribution in [0, 0.1) is 0 Å². The van der Waals surface area contributed by atoms with E-state index in [9.17, 15) is 20.4 Å². The van der Waals surface area contributed by atoms with Crippen LogP contribution in [-0.4, -0.2) is 62.7 Å². The van der Waals surface area contributed by atoms with E-state index in [1.807, 2.05) is 0 Å². The van der Waals surface area contributed by atoms with Gasteiger partial charge in [-0.1, -0.05) is 23.2 Å². The highest BCUT2D eigenvalue weighted by atomic mass is 35.5. The molecule has 5 atom stereocenters. The number of benzene rings is 1. The van der Waals surface area contributed by atoms with Crippen molar-refractivity contribution in [3.8, 4) is 5.75 Å². The zero-order valence-electron chi connectivity index (χ0n) is 12.2. The molecule has 1 aromatic carbocycles. The Hall–Kier alpha value is -1.19. The van der Waals surface area contributed by atoms with Crippen LogP contribution in [0.4, 0.5) is 0 Å². The number of hydrogen-bond acceptors (Lipinski definition) is 7. The Morgan fingerprint density at radius 1 is 1.12 bits per heavy atom. The van der Waals surface area contributed by atoms with Crippen molar-refractivity contribution < 1.29 is 29.9 Å². The summed E-state index contributed by atoms with van der Waals surface area (Å²) in [7, 11) is 0. The van der Waals surface area contributed by atoms with E-state index in [2.05, 4.69) is 4.98 Å². The number of aliphatic hydroxyl groups is 4. The molecule has 2 aromatic rings. The van der Waals surface area contributed by atoms with E-state index >= 15 is 0 Å². The first kappa shape index (κ1) is 17.6. The lowest BCUT2D eigenvalue weighted by atomic mass is 9.99. The quantitative estimate of drug-likeness (QED) is 0.625. The van der Waals surface area contributed by atoms with Crippen molar-refractivity contribution in [1.29, 1.82) is 0 Å². The van der Waals surface area contributed by atoms with Gasteiger partial charge in [-0.25, -0.2) is 0 Å². The second-order valence-corrected chi connectivity index (χ2v) is 6.20. The summed E-state index contributed by atoms with van der Waals surface area (Å²) < 4.78 is 10.9. The molecule has 1 aliphatic rings. The summed E-state index contributed by atoms with van der Waals surface area (Å²) in [5.41, 5.74) is 0.354. The summed E-state index contributed by atoms with van der Waals surface area (Å²) in [6, 6.07) is 4.88. The van der Waals surface area contributed by atoms with Crippen molar-refractivity contribution in [1.82, 2.24) is 4.98 Å². The predicted octanol–water partition coefficient (Wildman–Crippen LogP) is 0.720. The Kier molecular flexibility index (Phi) is 5.12. The molecule has 1 saturated heterocycles. The number of hydrogen-bond donors (Lipinski definition) is 4. The Labute approximate surface area is 147 Å². The maximum Gasteiger partial charge on any atom is 0.229 e. The SMILES string of the molecule is OC[C@H]1O[C@@H](Oc2c(Cl)cc(Cl)c3cccnc23)[C@H](O)[C@@H](O)[C@@H]1O. The Morgan fingerprint density at radius 2 is 1.88 bits per heavy atom. The topological polar surface area (TPSA) is 112 Å². The van der Waals surface area contributed by atoms with Crippen LogP contribution in [0.5, 0.6) is 5.75 Å². The van der Waals surface area contributed by atoms with E-state index in [-0.39, 0.29) is 10.8 Å². The molecule has 130 valence electrons. The predicted molar refractivity (Wildman–Crippen MR) is 86.2 cm³/mol. The molecule has 0 unspecified atom stereocenters. The minimum Gasteiger partial charge on any atom is -0.458 e. The molecule has 0 amide bonds. The first-order chi connectivity index (χ1) is 11.4. The number of fused-ring (bicyclic) bond motifs is 1. The zero-order valence-corrected chi connectivity index (χ0v) is 13.7. The highest BCUT2D eigenvalue weighted by molar-refractivity contribution is 6.39. The molecule has 3 rings (SSSR count). The third-order valence-corrected chi connectivity index (χ3v) is 4.43. The van der Waals surface area contributed by atoms with Crippen LogP contribution < -0.4 is 4.74 Å². The van der Waals surface area contributed by atoms with Gasteiger partial charge < -0.3 is 29.9 Å². The zero-order chi connectivity index (χ0) is 17.4. The molecule has 0 radical (unpaired) electrons. The summed E-state index contributed by atoms with van der Waals surface area (Å²) in [5, 5.41) is 40.0. The summed E-state index contributed by atoms with van der Waals surface area (Å²) >= 11 is 12.3. The van der Waals surface area contributed by atoms with Crippen molar-refractivity contribution in [2.45, 2.75) is 30.7 Å². The fourth-order valence-corrected chi connectivity index (χ4v) is 3.10. The molecule has 0 saturated carbocycles. The van der Waals surface area contributed by atoms with Gasteiger partial charge in [0.25, 0.3) is 0 Å². The largest absolute Gasteiger partial charge is 0.458 e. The molecule has 2 heterocycles. The standard InChI is InChI=1S/C15H15Cl2NO6/c16-7-4-8(17)14(10-6(7)2-1-3-18-10)24-15-13(22)12(21)11(20)9(5-19)23-15/h1-4,9,11-13,15,19-22H,5H2/t9-,11-,12+,13-,15+/m1/s1. The van der Waals surface area contributed by atoms with Gasteiger partial charge in [0.1, 0.15) is 29.9 Å². The Bertz CT molecular complexity index is 743. The normalized spacial score (nSPS) is 30.5. The van der Waals surface area contributed by atoms with Gasteiger partial charge in [-0.15, -0.1) is 0 Å². The molecule has 24 heavy (non-hydrogen) atoms. The molecular weight excluding hydrogens is 361 g/mol. The highest BCUT2D eigenvalue weighted by Gasteiger charge is 2.45. The first-order valence-electron chi connectivity index (χ1n) is 7.14. The van der Waals surface area contributed by atoms with Gasteiger partial charge in [-0.3, -0.25) is 4.98 Å². The van der Waals surface area contributed by atoms with Crippen molar-refractivity contribution in [2.75, 3.05) is 6.61 Å².